The number of carbonyl (C=O) groups excluding carboxylic acids is 1. The summed E-state index contributed by atoms with van der Waals surface area (Å²) in [7, 11) is 0. The van der Waals surface area contributed by atoms with E-state index >= 15 is 0 Å². The van der Waals surface area contributed by atoms with Gasteiger partial charge < -0.3 is 19.9 Å². The zero-order chi connectivity index (χ0) is 21.8. The first-order valence-electron chi connectivity index (χ1n) is 10.4. The minimum absolute atomic E-state index is 0.125. The predicted octanol–water partition coefficient (Wildman–Crippen LogP) is 3.03. The molecule has 0 spiro atoms. The third-order valence-corrected chi connectivity index (χ3v) is 5.46. The van der Waals surface area contributed by atoms with Crippen LogP contribution in [0.1, 0.15) is 18.3 Å². The number of amides is 2. The molecule has 3 heterocycles. The molecule has 0 atom stereocenters. The number of piperazine rings is 1. The molecule has 0 aliphatic carbocycles. The summed E-state index contributed by atoms with van der Waals surface area (Å²) < 4.78 is 7.55. The first-order valence-corrected chi connectivity index (χ1v) is 10.4. The molecule has 9 heteroatoms. The molecular weight excluding hydrogens is 394 g/mol. The lowest BCUT2D eigenvalue weighted by atomic mass is 10.3. The number of nitrogens with one attached hydrogen (secondary N) is 1. The summed E-state index contributed by atoms with van der Waals surface area (Å²) in [5.41, 5.74) is 2.72. The molecule has 1 aromatic carbocycles. The highest BCUT2D eigenvalue weighted by atomic mass is 16.5. The maximum absolute atomic E-state index is 12.8. The van der Waals surface area contributed by atoms with Crippen LogP contribution in [-0.2, 0) is 0 Å². The molecule has 1 aliphatic heterocycles. The number of hydrogen-bond acceptors (Lipinski definition) is 6. The number of rotatable bonds is 5. The molecule has 162 valence electrons. The molecule has 4 rings (SSSR count). The van der Waals surface area contributed by atoms with Crippen molar-refractivity contribution in [3.63, 3.8) is 0 Å². The smallest absolute Gasteiger partial charge is 0.322 e. The van der Waals surface area contributed by atoms with E-state index in [1.165, 1.54) is 0 Å². The van der Waals surface area contributed by atoms with Crippen molar-refractivity contribution in [1.29, 1.82) is 0 Å². The second-order valence-corrected chi connectivity index (χ2v) is 7.35. The van der Waals surface area contributed by atoms with Gasteiger partial charge in [-0.3, -0.25) is 4.57 Å². The van der Waals surface area contributed by atoms with E-state index in [0.29, 0.717) is 44.2 Å². The van der Waals surface area contributed by atoms with E-state index in [9.17, 15) is 4.79 Å². The van der Waals surface area contributed by atoms with Gasteiger partial charge in [0, 0.05) is 37.9 Å². The molecule has 0 radical (unpaired) electrons. The van der Waals surface area contributed by atoms with Gasteiger partial charge in [0.15, 0.2) is 0 Å². The molecule has 1 N–H and O–H groups in total. The molecule has 1 aliphatic rings. The number of para-hydroxylation sites is 2. The van der Waals surface area contributed by atoms with E-state index in [2.05, 4.69) is 25.2 Å². The first kappa shape index (κ1) is 20.6. The van der Waals surface area contributed by atoms with E-state index < -0.39 is 0 Å². The topological polar surface area (TPSA) is 88.4 Å². The molecule has 1 saturated heterocycles. The van der Waals surface area contributed by atoms with Gasteiger partial charge in [0.05, 0.1) is 18.0 Å². The van der Waals surface area contributed by atoms with Gasteiger partial charge in [0.1, 0.15) is 30.0 Å². The summed E-state index contributed by atoms with van der Waals surface area (Å²) in [6, 6.07) is 9.31. The van der Waals surface area contributed by atoms with Gasteiger partial charge >= 0.3 is 6.03 Å². The number of carbonyl (C=O) groups is 1. The Kier molecular flexibility index (Phi) is 6.01. The molecule has 0 bridgehead atoms. The van der Waals surface area contributed by atoms with Crippen LogP contribution in [0.5, 0.6) is 5.75 Å². The van der Waals surface area contributed by atoms with Crippen molar-refractivity contribution in [2.45, 2.75) is 20.8 Å². The van der Waals surface area contributed by atoms with E-state index in [1.54, 1.807) is 12.7 Å². The number of nitrogens with zero attached hydrogens (tertiary/aromatic N) is 6. The molecule has 9 nitrogen and oxygen atoms in total. The van der Waals surface area contributed by atoms with Crippen molar-refractivity contribution in [2.75, 3.05) is 43.0 Å². The monoisotopic (exact) mass is 421 g/mol. The molecular formula is C22H27N7O2. The van der Waals surface area contributed by atoms with Crippen LogP contribution in [0.15, 0.2) is 43.0 Å². The van der Waals surface area contributed by atoms with Crippen molar-refractivity contribution in [3.05, 3.63) is 54.4 Å². The van der Waals surface area contributed by atoms with E-state index in [-0.39, 0.29) is 6.03 Å². The summed E-state index contributed by atoms with van der Waals surface area (Å²) in [6.07, 6.45) is 3.35. The minimum atomic E-state index is -0.125. The highest BCUT2D eigenvalue weighted by molar-refractivity contribution is 5.91. The quantitative estimate of drug-likeness (QED) is 0.681. The largest absolute Gasteiger partial charge is 0.492 e. The maximum atomic E-state index is 12.8. The molecule has 0 saturated carbocycles. The predicted molar refractivity (Wildman–Crippen MR) is 119 cm³/mol. The molecule has 2 amide bonds. The average molecular weight is 422 g/mol. The fourth-order valence-corrected chi connectivity index (χ4v) is 3.56. The third kappa shape index (κ3) is 4.45. The van der Waals surface area contributed by atoms with Gasteiger partial charge in [0.2, 0.25) is 0 Å². The summed E-state index contributed by atoms with van der Waals surface area (Å²) in [4.78, 5) is 29.9. The Bertz CT molecular complexity index is 1060. The highest BCUT2D eigenvalue weighted by Crippen LogP contribution is 2.24. The number of benzene rings is 1. The van der Waals surface area contributed by atoms with Gasteiger partial charge in [0.25, 0.3) is 0 Å². The Morgan fingerprint density at radius 2 is 1.81 bits per heavy atom. The fraction of sp³-hybridized carbons (Fsp3) is 0.364. The number of aromatic nitrogens is 4. The van der Waals surface area contributed by atoms with E-state index in [0.717, 1.165) is 23.0 Å². The normalized spacial score (nSPS) is 13.9. The second-order valence-electron chi connectivity index (χ2n) is 7.35. The number of hydrogen-bond donors (Lipinski definition) is 1. The van der Waals surface area contributed by atoms with Crippen molar-refractivity contribution in [2.24, 2.45) is 0 Å². The zero-order valence-electron chi connectivity index (χ0n) is 18.1. The standard InChI is InChI=1S/C22H27N7O2/c1-4-31-19-8-6-5-7-18(19)26-22(30)28-11-9-27(10-12-28)20-13-21(24-14-23-20)29-15-25-16(2)17(29)3/h5-8,13-15H,4,9-12H2,1-3H3,(H,26,30). The van der Waals surface area contributed by atoms with Gasteiger partial charge in [-0.2, -0.15) is 0 Å². The van der Waals surface area contributed by atoms with Crippen molar-refractivity contribution >= 4 is 17.5 Å². The summed E-state index contributed by atoms with van der Waals surface area (Å²) in [6.45, 7) is 9.06. The van der Waals surface area contributed by atoms with Gasteiger partial charge in [-0.1, -0.05) is 12.1 Å². The third-order valence-electron chi connectivity index (χ3n) is 5.46. The Morgan fingerprint density at radius 3 is 2.52 bits per heavy atom. The Hall–Kier alpha value is -3.62. The highest BCUT2D eigenvalue weighted by Gasteiger charge is 2.23. The van der Waals surface area contributed by atoms with Gasteiger partial charge in [-0.05, 0) is 32.9 Å². The van der Waals surface area contributed by atoms with E-state index in [1.807, 2.05) is 60.6 Å². The summed E-state index contributed by atoms with van der Waals surface area (Å²) in [5, 5.41) is 2.97. The average Bonchev–Trinajstić information content (AvgIpc) is 3.14. The Morgan fingerprint density at radius 1 is 1.06 bits per heavy atom. The lowest BCUT2D eigenvalue weighted by Gasteiger charge is -2.35. The van der Waals surface area contributed by atoms with Crippen LogP contribution in [0.4, 0.5) is 16.3 Å². The van der Waals surface area contributed by atoms with Gasteiger partial charge in [-0.25, -0.2) is 19.7 Å². The number of anilines is 2. The van der Waals surface area contributed by atoms with Crippen molar-refractivity contribution < 1.29 is 9.53 Å². The van der Waals surface area contributed by atoms with E-state index in [4.69, 9.17) is 4.74 Å². The number of imidazole rings is 1. The van der Waals surface area contributed by atoms with Crippen LogP contribution >= 0.6 is 0 Å². The second kappa shape index (κ2) is 9.03. The van der Waals surface area contributed by atoms with Crippen LogP contribution in [0.2, 0.25) is 0 Å². The molecule has 2 aromatic heterocycles. The molecule has 31 heavy (non-hydrogen) atoms. The molecule has 3 aromatic rings. The first-order chi connectivity index (χ1) is 15.1. The lowest BCUT2D eigenvalue weighted by Crippen LogP contribution is -2.50. The zero-order valence-corrected chi connectivity index (χ0v) is 18.1. The molecule has 1 fully saturated rings. The Balaban J connectivity index is 1.39. The van der Waals surface area contributed by atoms with Crippen LogP contribution < -0.4 is 15.0 Å². The van der Waals surface area contributed by atoms with Crippen molar-refractivity contribution in [1.82, 2.24) is 24.4 Å². The number of urea groups is 1. The SMILES string of the molecule is CCOc1ccccc1NC(=O)N1CCN(c2cc(-n3cnc(C)c3C)ncn2)CC1. The lowest BCUT2D eigenvalue weighted by molar-refractivity contribution is 0.208. The number of ether oxygens (including phenoxy) is 1. The van der Waals surface area contributed by atoms with Crippen LogP contribution in [-0.4, -0.2) is 63.2 Å². The fourth-order valence-electron chi connectivity index (χ4n) is 3.56. The van der Waals surface area contributed by atoms with Crippen LogP contribution in [0.3, 0.4) is 0 Å². The van der Waals surface area contributed by atoms with Gasteiger partial charge in [-0.15, -0.1) is 0 Å². The maximum Gasteiger partial charge on any atom is 0.322 e. The minimum Gasteiger partial charge on any atom is -0.492 e. The molecule has 0 unspecified atom stereocenters. The Labute approximate surface area is 181 Å². The number of aryl methyl sites for hydroxylation is 1. The van der Waals surface area contributed by atoms with Crippen LogP contribution in [0.25, 0.3) is 5.82 Å². The summed E-state index contributed by atoms with van der Waals surface area (Å²) >= 11 is 0. The van der Waals surface area contributed by atoms with Crippen LogP contribution in [0, 0.1) is 13.8 Å². The summed E-state index contributed by atoms with van der Waals surface area (Å²) in [5.74, 6) is 2.31. The van der Waals surface area contributed by atoms with Crippen molar-refractivity contribution in [3.8, 4) is 11.6 Å².